The zero-order chi connectivity index (χ0) is 23.0. The summed E-state index contributed by atoms with van der Waals surface area (Å²) in [5, 5.41) is 3.95. The molecular weight excluding hydrogens is 426 g/mol. The first-order valence-electron chi connectivity index (χ1n) is 9.98. The van der Waals surface area contributed by atoms with Crippen LogP contribution >= 0.6 is 0 Å². The minimum absolute atomic E-state index is 0.345. The first kappa shape index (κ1) is 21.6. The molecule has 4 rings (SSSR count). The summed E-state index contributed by atoms with van der Waals surface area (Å²) >= 11 is 0. The van der Waals surface area contributed by atoms with Gasteiger partial charge >= 0.3 is 5.97 Å². The molecule has 0 saturated carbocycles. The predicted octanol–water partition coefficient (Wildman–Crippen LogP) is 4.12. The number of rotatable bonds is 5. The SMILES string of the molecule is Cc1ccc(-n2c(C)cc(/C=C3\C(=O)ON=C3c3ccc(NS(C)(=O)=O)cc3)c2C)cc1. The second kappa shape index (κ2) is 8.12. The van der Waals surface area contributed by atoms with Gasteiger partial charge in [0, 0.05) is 28.3 Å². The van der Waals surface area contributed by atoms with Crippen molar-refractivity contribution in [3.8, 4) is 5.69 Å². The molecule has 164 valence electrons. The van der Waals surface area contributed by atoms with Crippen molar-refractivity contribution in [2.75, 3.05) is 11.0 Å². The van der Waals surface area contributed by atoms with Crippen molar-refractivity contribution >= 4 is 33.5 Å². The molecule has 0 saturated heterocycles. The Kier molecular flexibility index (Phi) is 5.48. The van der Waals surface area contributed by atoms with Crippen LogP contribution in [0.15, 0.2) is 65.3 Å². The predicted molar refractivity (Wildman–Crippen MR) is 125 cm³/mol. The monoisotopic (exact) mass is 449 g/mol. The molecule has 3 aromatic rings. The van der Waals surface area contributed by atoms with E-state index in [9.17, 15) is 13.2 Å². The van der Waals surface area contributed by atoms with Crippen LogP contribution in [0.25, 0.3) is 11.8 Å². The fraction of sp³-hybridized carbons (Fsp3) is 0.167. The number of nitrogens with one attached hydrogen (secondary N) is 1. The lowest BCUT2D eigenvalue weighted by Gasteiger charge is -2.10. The minimum atomic E-state index is -3.37. The summed E-state index contributed by atoms with van der Waals surface area (Å²) in [6, 6.07) is 16.9. The standard InChI is InChI=1S/C24H23N3O4S/c1-15-5-11-21(12-6-15)27-16(2)13-19(17(27)3)14-22-23(25-31-24(22)28)18-7-9-20(10-8-18)26-32(4,29)30/h5-14,26H,1-4H3/b22-14-. The molecular formula is C24H23N3O4S. The lowest BCUT2D eigenvalue weighted by molar-refractivity contribution is -0.136. The maximum Gasteiger partial charge on any atom is 0.368 e. The van der Waals surface area contributed by atoms with E-state index in [0.29, 0.717) is 22.5 Å². The van der Waals surface area contributed by atoms with Gasteiger partial charge in [0.2, 0.25) is 10.0 Å². The molecule has 1 aliphatic heterocycles. The number of sulfonamides is 1. The van der Waals surface area contributed by atoms with Crippen LogP contribution in [0, 0.1) is 20.8 Å². The van der Waals surface area contributed by atoms with Gasteiger partial charge in [0.05, 0.1) is 11.8 Å². The number of hydrogen-bond acceptors (Lipinski definition) is 5. The van der Waals surface area contributed by atoms with Gasteiger partial charge in [-0.05, 0) is 62.7 Å². The lowest BCUT2D eigenvalue weighted by Crippen LogP contribution is -2.10. The number of anilines is 1. The Hall–Kier alpha value is -3.65. The van der Waals surface area contributed by atoms with Gasteiger partial charge in [-0.1, -0.05) is 35.0 Å². The smallest absolute Gasteiger partial charge is 0.318 e. The summed E-state index contributed by atoms with van der Waals surface area (Å²) in [5.41, 5.74) is 6.98. The molecule has 0 fully saturated rings. The summed E-state index contributed by atoms with van der Waals surface area (Å²) in [6.45, 7) is 6.07. The van der Waals surface area contributed by atoms with Gasteiger partial charge in [0.25, 0.3) is 0 Å². The van der Waals surface area contributed by atoms with Gasteiger partial charge in [0.15, 0.2) is 0 Å². The summed E-state index contributed by atoms with van der Waals surface area (Å²) in [7, 11) is -3.37. The summed E-state index contributed by atoms with van der Waals surface area (Å²) < 4.78 is 27.4. The van der Waals surface area contributed by atoms with Crippen LogP contribution in [0.2, 0.25) is 0 Å². The van der Waals surface area contributed by atoms with E-state index in [-0.39, 0.29) is 0 Å². The fourth-order valence-electron chi connectivity index (χ4n) is 3.71. The number of oxime groups is 1. The molecule has 1 aromatic heterocycles. The second-order valence-corrected chi connectivity index (χ2v) is 9.57. The average molecular weight is 450 g/mol. The van der Waals surface area contributed by atoms with E-state index < -0.39 is 16.0 Å². The van der Waals surface area contributed by atoms with Gasteiger partial charge in [-0.2, -0.15) is 0 Å². The number of aromatic nitrogens is 1. The van der Waals surface area contributed by atoms with Crippen molar-refractivity contribution in [1.82, 2.24) is 4.57 Å². The summed E-state index contributed by atoms with van der Waals surface area (Å²) in [4.78, 5) is 17.4. The van der Waals surface area contributed by atoms with Crippen molar-refractivity contribution < 1.29 is 18.0 Å². The molecule has 8 heteroatoms. The van der Waals surface area contributed by atoms with Crippen molar-refractivity contribution in [3.63, 3.8) is 0 Å². The van der Waals surface area contributed by atoms with E-state index in [1.165, 1.54) is 5.56 Å². The van der Waals surface area contributed by atoms with E-state index in [1.54, 1.807) is 30.3 Å². The summed E-state index contributed by atoms with van der Waals surface area (Å²) in [6.07, 6.45) is 2.87. The number of nitrogens with zero attached hydrogens (tertiary/aromatic N) is 2. The fourth-order valence-corrected chi connectivity index (χ4v) is 4.27. The average Bonchev–Trinajstić information content (AvgIpc) is 3.22. The number of carbonyl (C=O) groups is 1. The molecule has 0 spiro atoms. The molecule has 2 aromatic carbocycles. The number of benzene rings is 2. The number of aryl methyl sites for hydroxylation is 2. The first-order chi connectivity index (χ1) is 15.1. The highest BCUT2D eigenvalue weighted by atomic mass is 32.2. The number of carbonyl (C=O) groups excluding carboxylic acids is 1. The van der Waals surface area contributed by atoms with Gasteiger partial charge in [-0.25, -0.2) is 13.2 Å². The maximum atomic E-state index is 12.4. The Bertz CT molecular complexity index is 1360. The molecule has 32 heavy (non-hydrogen) atoms. The molecule has 0 amide bonds. The third-order valence-electron chi connectivity index (χ3n) is 5.22. The maximum absolute atomic E-state index is 12.4. The molecule has 0 atom stereocenters. The molecule has 0 bridgehead atoms. The van der Waals surface area contributed by atoms with Crippen LogP contribution in [0.3, 0.4) is 0 Å². The molecule has 1 N–H and O–H groups in total. The Morgan fingerprint density at radius 3 is 2.28 bits per heavy atom. The third kappa shape index (κ3) is 4.36. The van der Waals surface area contributed by atoms with Crippen molar-refractivity contribution in [2.45, 2.75) is 20.8 Å². The van der Waals surface area contributed by atoms with Crippen LogP contribution in [0.4, 0.5) is 5.69 Å². The zero-order valence-corrected chi connectivity index (χ0v) is 19.0. The van der Waals surface area contributed by atoms with Crippen molar-refractivity contribution in [3.05, 3.63) is 88.2 Å². The van der Waals surface area contributed by atoms with E-state index in [0.717, 1.165) is 28.9 Å². The molecule has 0 unspecified atom stereocenters. The molecule has 0 radical (unpaired) electrons. The normalized spacial score (nSPS) is 15.1. The van der Waals surface area contributed by atoms with Gasteiger partial charge in [0.1, 0.15) is 5.71 Å². The Morgan fingerprint density at radius 1 is 1.00 bits per heavy atom. The van der Waals surface area contributed by atoms with Crippen LogP contribution in [-0.4, -0.2) is 30.9 Å². The Balaban J connectivity index is 1.69. The van der Waals surface area contributed by atoms with Crippen LogP contribution in [0.5, 0.6) is 0 Å². The van der Waals surface area contributed by atoms with Crippen molar-refractivity contribution in [1.29, 1.82) is 0 Å². The van der Waals surface area contributed by atoms with E-state index in [4.69, 9.17) is 4.84 Å². The van der Waals surface area contributed by atoms with Crippen LogP contribution in [-0.2, 0) is 19.7 Å². The van der Waals surface area contributed by atoms with E-state index in [1.807, 2.05) is 26.8 Å². The second-order valence-electron chi connectivity index (χ2n) is 7.83. The van der Waals surface area contributed by atoms with Gasteiger partial charge in [-0.15, -0.1) is 0 Å². The van der Waals surface area contributed by atoms with Gasteiger partial charge in [-0.3, -0.25) is 4.72 Å². The Labute approximate surface area is 187 Å². The van der Waals surface area contributed by atoms with Gasteiger partial charge < -0.3 is 9.40 Å². The minimum Gasteiger partial charge on any atom is -0.318 e. The van der Waals surface area contributed by atoms with Crippen LogP contribution < -0.4 is 4.72 Å². The Morgan fingerprint density at radius 2 is 1.66 bits per heavy atom. The van der Waals surface area contributed by atoms with Crippen LogP contribution in [0.1, 0.15) is 28.1 Å². The molecule has 0 aliphatic carbocycles. The molecule has 1 aliphatic rings. The largest absolute Gasteiger partial charge is 0.368 e. The highest BCUT2D eigenvalue weighted by Gasteiger charge is 2.27. The van der Waals surface area contributed by atoms with Crippen molar-refractivity contribution in [2.24, 2.45) is 5.16 Å². The third-order valence-corrected chi connectivity index (χ3v) is 5.83. The molecule has 2 heterocycles. The highest BCUT2D eigenvalue weighted by molar-refractivity contribution is 7.92. The zero-order valence-electron chi connectivity index (χ0n) is 18.2. The summed E-state index contributed by atoms with van der Waals surface area (Å²) in [5.74, 6) is -0.529. The number of hydrogen-bond donors (Lipinski definition) is 1. The quantitative estimate of drug-likeness (QED) is 0.469. The molecule has 7 nitrogen and oxygen atoms in total. The lowest BCUT2D eigenvalue weighted by atomic mass is 10.0. The van der Waals surface area contributed by atoms with E-state index in [2.05, 4.69) is 38.7 Å². The topological polar surface area (TPSA) is 89.8 Å². The van der Waals surface area contributed by atoms with E-state index >= 15 is 0 Å². The highest BCUT2D eigenvalue weighted by Crippen LogP contribution is 2.27. The first-order valence-corrected chi connectivity index (χ1v) is 11.9.